The summed E-state index contributed by atoms with van der Waals surface area (Å²) in [6, 6.07) is 15.1. The van der Waals surface area contributed by atoms with Crippen LogP contribution in [-0.2, 0) is 4.79 Å². The molecule has 0 saturated carbocycles. The normalized spacial score (nSPS) is 12.1. The van der Waals surface area contributed by atoms with Gasteiger partial charge in [-0.25, -0.2) is 0 Å². The van der Waals surface area contributed by atoms with Gasteiger partial charge in [-0.3, -0.25) is 4.79 Å². The quantitative estimate of drug-likeness (QED) is 0.720. The van der Waals surface area contributed by atoms with Crippen LogP contribution >= 0.6 is 11.7 Å². The van der Waals surface area contributed by atoms with Crippen molar-refractivity contribution in [1.82, 2.24) is 8.75 Å². The molecule has 1 aromatic heterocycles. The van der Waals surface area contributed by atoms with Crippen LogP contribution in [0.1, 0.15) is 6.92 Å². The molecule has 0 bridgehead atoms. The molecule has 0 aliphatic carbocycles. The first-order valence-electron chi connectivity index (χ1n) is 7.62. The number of carbonyl (C=O) groups excluding carboxylic acids is 1. The van der Waals surface area contributed by atoms with E-state index in [2.05, 4.69) is 14.1 Å². The Bertz CT molecular complexity index is 820. The molecule has 3 aromatic rings. The highest BCUT2D eigenvalue weighted by Gasteiger charge is 2.15. The largest absolute Gasteiger partial charge is 0.392 e. The summed E-state index contributed by atoms with van der Waals surface area (Å²) in [6.07, 6.45) is -0.538. The lowest BCUT2D eigenvalue weighted by atomic mass is 10.2. The van der Waals surface area contributed by atoms with E-state index in [1.165, 1.54) is 0 Å². The summed E-state index contributed by atoms with van der Waals surface area (Å²) in [5, 5.41) is 12.6. The summed E-state index contributed by atoms with van der Waals surface area (Å²) < 4.78 is 8.39. The van der Waals surface area contributed by atoms with Crippen molar-refractivity contribution in [1.29, 1.82) is 0 Å². The van der Waals surface area contributed by atoms with Crippen LogP contribution in [0.5, 0.6) is 0 Å². The third-order valence-corrected chi connectivity index (χ3v) is 4.04. The number of para-hydroxylation sites is 1. The topological polar surface area (TPSA) is 78.4 Å². The highest BCUT2D eigenvalue weighted by atomic mass is 32.1. The zero-order valence-corrected chi connectivity index (χ0v) is 14.0. The number of benzene rings is 2. The average molecular weight is 342 g/mol. The molecule has 0 unspecified atom stereocenters. The lowest BCUT2D eigenvalue weighted by molar-refractivity contribution is -0.115. The van der Waals surface area contributed by atoms with Crippen molar-refractivity contribution >= 4 is 40.0 Å². The highest BCUT2D eigenvalue weighted by Crippen LogP contribution is 2.21. The van der Waals surface area contributed by atoms with Crippen molar-refractivity contribution in [2.45, 2.75) is 13.0 Å². The Labute approximate surface area is 144 Å². The van der Waals surface area contributed by atoms with Crippen molar-refractivity contribution in [3.05, 3.63) is 48.5 Å². The van der Waals surface area contributed by atoms with Crippen LogP contribution in [0.3, 0.4) is 0 Å². The van der Waals surface area contributed by atoms with Crippen molar-refractivity contribution < 1.29 is 9.90 Å². The number of anilines is 2. The Morgan fingerprint density at radius 1 is 1.21 bits per heavy atom. The van der Waals surface area contributed by atoms with E-state index in [9.17, 15) is 9.90 Å². The fourth-order valence-electron chi connectivity index (χ4n) is 2.49. The molecule has 24 heavy (non-hydrogen) atoms. The van der Waals surface area contributed by atoms with Gasteiger partial charge in [-0.2, -0.15) is 8.75 Å². The van der Waals surface area contributed by atoms with Gasteiger partial charge in [-0.1, -0.05) is 24.3 Å². The van der Waals surface area contributed by atoms with Crippen molar-refractivity contribution in [2.24, 2.45) is 0 Å². The highest BCUT2D eigenvalue weighted by molar-refractivity contribution is 7.00. The minimum Gasteiger partial charge on any atom is -0.392 e. The van der Waals surface area contributed by atoms with Crippen LogP contribution in [0.2, 0.25) is 0 Å². The van der Waals surface area contributed by atoms with E-state index >= 15 is 0 Å². The number of fused-ring (bicyclic) bond motifs is 1. The first kappa shape index (κ1) is 16.4. The summed E-state index contributed by atoms with van der Waals surface area (Å²) in [7, 11) is 0. The molecule has 6 nitrogen and oxygen atoms in total. The number of aliphatic hydroxyl groups is 1. The molecule has 0 aliphatic heterocycles. The Balaban J connectivity index is 1.75. The Morgan fingerprint density at radius 3 is 2.75 bits per heavy atom. The molecule has 1 atom stereocenters. The predicted octanol–water partition coefficient (Wildman–Crippen LogP) is 2.52. The number of rotatable bonds is 6. The third-order valence-electron chi connectivity index (χ3n) is 3.50. The fourth-order valence-corrected chi connectivity index (χ4v) is 3.04. The van der Waals surface area contributed by atoms with Gasteiger partial charge in [0.15, 0.2) is 0 Å². The van der Waals surface area contributed by atoms with Gasteiger partial charge in [0.25, 0.3) is 0 Å². The van der Waals surface area contributed by atoms with Crippen LogP contribution < -0.4 is 10.2 Å². The molecular formula is C17H18N4O2S. The summed E-state index contributed by atoms with van der Waals surface area (Å²) in [5.41, 5.74) is 3.00. The molecule has 0 aliphatic rings. The third kappa shape index (κ3) is 3.87. The van der Waals surface area contributed by atoms with Gasteiger partial charge in [0.1, 0.15) is 11.0 Å². The molecule has 2 aromatic carbocycles. The Kier molecular flexibility index (Phi) is 5.02. The van der Waals surface area contributed by atoms with Gasteiger partial charge < -0.3 is 15.3 Å². The van der Waals surface area contributed by atoms with E-state index in [-0.39, 0.29) is 12.5 Å². The van der Waals surface area contributed by atoms with Crippen molar-refractivity contribution in [2.75, 3.05) is 23.3 Å². The van der Waals surface area contributed by atoms with Crippen LogP contribution in [0.4, 0.5) is 11.4 Å². The minimum absolute atomic E-state index is 0.142. The zero-order valence-electron chi connectivity index (χ0n) is 13.2. The van der Waals surface area contributed by atoms with E-state index < -0.39 is 6.10 Å². The molecule has 1 amide bonds. The molecule has 7 heteroatoms. The van der Waals surface area contributed by atoms with Gasteiger partial charge >= 0.3 is 0 Å². The number of aromatic nitrogens is 2. The van der Waals surface area contributed by atoms with Gasteiger partial charge in [-0.15, -0.1) is 0 Å². The number of hydrogen-bond acceptors (Lipinski definition) is 6. The number of nitrogens with zero attached hydrogens (tertiary/aromatic N) is 3. The van der Waals surface area contributed by atoms with Gasteiger partial charge in [0.2, 0.25) is 5.91 Å². The first-order chi connectivity index (χ1) is 11.6. The molecule has 1 heterocycles. The summed E-state index contributed by atoms with van der Waals surface area (Å²) in [4.78, 5) is 14.3. The standard InChI is InChI=1S/C17H18N4O2S/c1-12(22)10-21(13-6-3-2-4-7-13)11-16(23)18-14-8-5-9-15-17(14)20-24-19-15/h2-9,12,22H,10-11H2,1H3,(H,18,23)/t12-/m0/s1. The first-order valence-corrected chi connectivity index (χ1v) is 8.35. The summed E-state index contributed by atoms with van der Waals surface area (Å²) >= 11 is 1.12. The second-order valence-corrected chi connectivity index (χ2v) is 6.08. The molecule has 0 saturated heterocycles. The van der Waals surface area contributed by atoms with Crippen LogP contribution in [-0.4, -0.2) is 39.0 Å². The smallest absolute Gasteiger partial charge is 0.243 e. The zero-order chi connectivity index (χ0) is 16.9. The maximum absolute atomic E-state index is 12.5. The average Bonchev–Trinajstić information content (AvgIpc) is 3.04. The predicted molar refractivity (Wildman–Crippen MR) is 96.4 cm³/mol. The molecule has 0 radical (unpaired) electrons. The van der Waals surface area contributed by atoms with Gasteiger partial charge in [0.05, 0.1) is 30.1 Å². The molecule has 0 spiro atoms. The van der Waals surface area contributed by atoms with Crippen molar-refractivity contribution in [3.8, 4) is 0 Å². The maximum atomic E-state index is 12.5. The fraction of sp³-hybridized carbons (Fsp3) is 0.235. The number of hydrogen-bond donors (Lipinski definition) is 2. The second kappa shape index (κ2) is 7.37. The maximum Gasteiger partial charge on any atom is 0.243 e. The number of aliphatic hydroxyl groups excluding tert-OH is 1. The summed E-state index contributed by atoms with van der Waals surface area (Å²) in [5.74, 6) is -0.167. The van der Waals surface area contributed by atoms with Crippen LogP contribution in [0, 0.1) is 0 Å². The van der Waals surface area contributed by atoms with Gasteiger partial charge in [0, 0.05) is 12.2 Å². The SMILES string of the molecule is C[C@H](O)CN(CC(=O)Nc1cccc2nsnc12)c1ccccc1. The number of amides is 1. The lowest BCUT2D eigenvalue weighted by Crippen LogP contribution is -2.37. The number of nitrogens with one attached hydrogen (secondary N) is 1. The van der Waals surface area contributed by atoms with E-state index in [1.807, 2.05) is 53.4 Å². The van der Waals surface area contributed by atoms with Crippen LogP contribution in [0.15, 0.2) is 48.5 Å². The Hall–Kier alpha value is -2.51. The van der Waals surface area contributed by atoms with E-state index in [0.717, 1.165) is 22.9 Å². The molecule has 0 fully saturated rings. The van der Waals surface area contributed by atoms with E-state index in [4.69, 9.17) is 0 Å². The molecule has 2 N–H and O–H groups in total. The monoisotopic (exact) mass is 342 g/mol. The summed E-state index contributed by atoms with van der Waals surface area (Å²) in [6.45, 7) is 2.22. The van der Waals surface area contributed by atoms with E-state index in [0.29, 0.717) is 17.7 Å². The van der Waals surface area contributed by atoms with Crippen LogP contribution in [0.25, 0.3) is 11.0 Å². The Morgan fingerprint density at radius 2 is 2.00 bits per heavy atom. The van der Waals surface area contributed by atoms with Crippen molar-refractivity contribution in [3.63, 3.8) is 0 Å². The minimum atomic E-state index is -0.538. The van der Waals surface area contributed by atoms with E-state index in [1.54, 1.807) is 6.92 Å². The molecule has 3 rings (SSSR count). The second-order valence-electron chi connectivity index (χ2n) is 5.55. The molecular weight excluding hydrogens is 324 g/mol. The number of carbonyl (C=O) groups is 1. The van der Waals surface area contributed by atoms with Gasteiger partial charge in [-0.05, 0) is 31.2 Å². The lowest BCUT2D eigenvalue weighted by Gasteiger charge is -2.25. The molecule has 124 valence electrons.